The summed E-state index contributed by atoms with van der Waals surface area (Å²) < 4.78 is 11.0. The van der Waals surface area contributed by atoms with Crippen LogP contribution in [0.4, 0.5) is 0 Å². The summed E-state index contributed by atoms with van der Waals surface area (Å²) in [4.78, 5) is 27.1. The van der Waals surface area contributed by atoms with Crippen molar-refractivity contribution in [3.05, 3.63) is 35.6 Å². The van der Waals surface area contributed by atoms with Crippen LogP contribution in [0.1, 0.15) is 56.2 Å². The van der Waals surface area contributed by atoms with Gasteiger partial charge in [-0.05, 0) is 43.1 Å². The van der Waals surface area contributed by atoms with Gasteiger partial charge in [0.25, 0.3) is 5.91 Å². The molecule has 1 saturated heterocycles. The van der Waals surface area contributed by atoms with Gasteiger partial charge in [-0.15, -0.1) is 0 Å². The van der Waals surface area contributed by atoms with E-state index in [1.165, 1.54) is 0 Å². The molecule has 0 radical (unpaired) electrons. The minimum Gasteiger partial charge on any atom is -0.450 e. The molecule has 0 spiro atoms. The number of amides is 1. The highest BCUT2D eigenvalue weighted by atomic mass is 16.5. The quantitative estimate of drug-likeness (QED) is 0.756. The lowest BCUT2D eigenvalue weighted by Crippen LogP contribution is -2.39. The van der Waals surface area contributed by atoms with Crippen molar-refractivity contribution < 1.29 is 18.7 Å². The molecule has 4 rings (SSSR count). The number of rotatable bonds is 3. The second-order valence-corrected chi connectivity index (χ2v) is 9.36. The molecule has 2 heterocycles. The lowest BCUT2D eigenvalue weighted by molar-refractivity contribution is -0.135. The van der Waals surface area contributed by atoms with Crippen LogP contribution in [0.25, 0.3) is 11.0 Å². The van der Waals surface area contributed by atoms with Crippen LogP contribution in [0.5, 0.6) is 0 Å². The summed E-state index contributed by atoms with van der Waals surface area (Å²) in [6, 6.07) is 7.73. The Balaban J connectivity index is 1.43. The molecule has 5 heteroatoms. The van der Waals surface area contributed by atoms with E-state index >= 15 is 0 Å². The Bertz CT molecular complexity index is 912. The van der Waals surface area contributed by atoms with Crippen molar-refractivity contribution in [2.24, 2.45) is 10.8 Å². The van der Waals surface area contributed by atoms with Crippen molar-refractivity contribution in [2.75, 3.05) is 13.2 Å². The number of carbonyl (C=O) groups is 2. The fourth-order valence-corrected chi connectivity index (χ4v) is 5.40. The van der Waals surface area contributed by atoms with E-state index in [4.69, 9.17) is 9.15 Å². The van der Waals surface area contributed by atoms with Gasteiger partial charge in [0, 0.05) is 23.5 Å². The van der Waals surface area contributed by atoms with Crippen molar-refractivity contribution in [1.29, 1.82) is 0 Å². The topological polar surface area (TPSA) is 59.8 Å². The first-order valence-electron chi connectivity index (χ1n) is 9.62. The highest BCUT2D eigenvalue weighted by Crippen LogP contribution is 2.52. The predicted molar refractivity (Wildman–Crippen MR) is 102 cm³/mol. The SMILES string of the molecule is Cc1c(C(=O)OCC(=O)N2C[C@@]3(C)C[C@H]2CC(C)(C)C3)oc2ccccc12. The van der Waals surface area contributed by atoms with E-state index in [-0.39, 0.29) is 35.1 Å². The summed E-state index contributed by atoms with van der Waals surface area (Å²) in [6.07, 6.45) is 3.17. The van der Waals surface area contributed by atoms with E-state index in [2.05, 4.69) is 20.8 Å². The van der Waals surface area contributed by atoms with E-state index in [1.54, 1.807) is 0 Å². The van der Waals surface area contributed by atoms with E-state index in [0.29, 0.717) is 5.58 Å². The number of benzene rings is 1. The van der Waals surface area contributed by atoms with Crippen LogP contribution in [0.2, 0.25) is 0 Å². The first-order chi connectivity index (χ1) is 12.7. The van der Waals surface area contributed by atoms with Crippen LogP contribution in [0.15, 0.2) is 28.7 Å². The number of esters is 1. The van der Waals surface area contributed by atoms with E-state index < -0.39 is 5.97 Å². The first-order valence-corrected chi connectivity index (χ1v) is 9.62. The molecule has 0 unspecified atom stereocenters. The molecule has 1 aromatic heterocycles. The van der Waals surface area contributed by atoms with Crippen molar-refractivity contribution in [2.45, 2.75) is 53.0 Å². The Labute approximate surface area is 159 Å². The molecule has 1 saturated carbocycles. The third-order valence-corrected chi connectivity index (χ3v) is 6.09. The number of hydrogen-bond acceptors (Lipinski definition) is 4. The molecule has 1 aliphatic carbocycles. The molecule has 5 nitrogen and oxygen atoms in total. The zero-order valence-electron chi connectivity index (χ0n) is 16.5. The van der Waals surface area contributed by atoms with Crippen LogP contribution < -0.4 is 0 Å². The van der Waals surface area contributed by atoms with Crippen molar-refractivity contribution >= 4 is 22.8 Å². The maximum Gasteiger partial charge on any atom is 0.375 e. The molecule has 27 heavy (non-hydrogen) atoms. The maximum atomic E-state index is 12.8. The largest absolute Gasteiger partial charge is 0.450 e. The number of ether oxygens (including phenoxy) is 1. The van der Waals surface area contributed by atoms with Crippen molar-refractivity contribution in [3.63, 3.8) is 0 Å². The minimum absolute atomic E-state index is 0.108. The molecule has 0 N–H and O–H groups in total. The van der Waals surface area contributed by atoms with Gasteiger partial charge in [0.15, 0.2) is 6.61 Å². The highest BCUT2D eigenvalue weighted by Gasteiger charge is 2.50. The number of furan rings is 1. The van der Waals surface area contributed by atoms with Crippen LogP contribution in [0, 0.1) is 17.8 Å². The van der Waals surface area contributed by atoms with Gasteiger partial charge in [-0.25, -0.2) is 4.79 Å². The average molecular weight is 369 g/mol. The Hall–Kier alpha value is -2.30. The summed E-state index contributed by atoms with van der Waals surface area (Å²) in [7, 11) is 0. The number of carbonyl (C=O) groups excluding carboxylic acids is 2. The molecular formula is C22H27NO4. The number of para-hydroxylation sites is 1. The van der Waals surface area contributed by atoms with Crippen molar-refractivity contribution in [1.82, 2.24) is 4.90 Å². The fourth-order valence-electron chi connectivity index (χ4n) is 5.40. The summed E-state index contributed by atoms with van der Waals surface area (Å²) in [5.41, 5.74) is 1.81. The summed E-state index contributed by atoms with van der Waals surface area (Å²) in [5, 5.41) is 0.888. The molecule has 2 atom stereocenters. The Morgan fingerprint density at radius 3 is 2.70 bits per heavy atom. The van der Waals surface area contributed by atoms with Crippen LogP contribution in [0.3, 0.4) is 0 Å². The predicted octanol–water partition coefficient (Wildman–Crippen LogP) is 4.33. The smallest absolute Gasteiger partial charge is 0.375 e. The minimum atomic E-state index is -0.578. The molecule has 2 fully saturated rings. The lowest BCUT2D eigenvalue weighted by Gasteiger charge is -2.39. The van der Waals surface area contributed by atoms with Gasteiger partial charge < -0.3 is 14.1 Å². The number of nitrogens with zero attached hydrogens (tertiary/aromatic N) is 1. The van der Waals surface area contributed by atoms with E-state index in [1.807, 2.05) is 36.1 Å². The third kappa shape index (κ3) is 3.24. The number of hydrogen-bond donors (Lipinski definition) is 0. The van der Waals surface area contributed by atoms with E-state index in [0.717, 1.165) is 36.8 Å². The van der Waals surface area contributed by atoms with E-state index in [9.17, 15) is 9.59 Å². The van der Waals surface area contributed by atoms with Gasteiger partial charge in [-0.1, -0.05) is 39.0 Å². The van der Waals surface area contributed by atoms with Gasteiger partial charge in [-0.2, -0.15) is 0 Å². The standard InChI is InChI=1S/C22H27NO4/c1-14-16-7-5-6-8-17(16)27-19(14)20(25)26-11-18(24)23-13-22(4)10-15(23)9-21(2,3)12-22/h5-8,15H,9-13H2,1-4H3/t15-,22+/m1/s1. The van der Waals surface area contributed by atoms with Gasteiger partial charge in [0.2, 0.25) is 5.76 Å². The Kier molecular flexibility index (Phi) is 4.09. The number of fused-ring (bicyclic) bond motifs is 3. The monoisotopic (exact) mass is 369 g/mol. The molecule has 2 aromatic rings. The molecule has 1 aliphatic heterocycles. The van der Waals surface area contributed by atoms with Gasteiger partial charge in [0.1, 0.15) is 5.58 Å². The lowest BCUT2D eigenvalue weighted by atomic mass is 9.65. The molecule has 2 aliphatic rings. The van der Waals surface area contributed by atoms with Gasteiger partial charge >= 0.3 is 5.97 Å². The van der Waals surface area contributed by atoms with Crippen molar-refractivity contribution in [3.8, 4) is 0 Å². The fraction of sp³-hybridized carbons (Fsp3) is 0.545. The van der Waals surface area contributed by atoms with Gasteiger partial charge in [0.05, 0.1) is 0 Å². The highest BCUT2D eigenvalue weighted by molar-refractivity contribution is 5.96. The van der Waals surface area contributed by atoms with Crippen LogP contribution in [-0.4, -0.2) is 36.0 Å². The van der Waals surface area contributed by atoms with Gasteiger partial charge in [-0.3, -0.25) is 4.79 Å². The number of aryl methyl sites for hydroxylation is 1. The molecule has 1 aromatic carbocycles. The Morgan fingerprint density at radius 2 is 1.96 bits per heavy atom. The second kappa shape index (κ2) is 6.11. The normalized spacial score (nSPS) is 26.4. The Morgan fingerprint density at radius 1 is 1.22 bits per heavy atom. The summed E-state index contributed by atoms with van der Waals surface area (Å²) in [6.45, 7) is 9.16. The number of likely N-dealkylation sites (tertiary alicyclic amines) is 1. The van der Waals surface area contributed by atoms with Crippen LogP contribution >= 0.6 is 0 Å². The molecule has 2 bridgehead atoms. The molecule has 1 amide bonds. The zero-order valence-corrected chi connectivity index (χ0v) is 16.5. The van der Waals surface area contributed by atoms with Crippen LogP contribution in [-0.2, 0) is 9.53 Å². The summed E-state index contributed by atoms with van der Waals surface area (Å²) in [5.74, 6) is -0.508. The molecular weight excluding hydrogens is 342 g/mol. The summed E-state index contributed by atoms with van der Waals surface area (Å²) >= 11 is 0. The third-order valence-electron chi connectivity index (χ3n) is 6.09. The first kappa shape index (κ1) is 18.1. The molecule has 144 valence electrons. The zero-order chi connectivity index (χ0) is 19.4. The maximum absolute atomic E-state index is 12.8. The second-order valence-electron chi connectivity index (χ2n) is 9.36. The average Bonchev–Trinajstić information content (AvgIpc) is 3.05.